The molecule has 3 aliphatic rings. The van der Waals surface area contributed by atoms with Crippen molar-refractivity contribution in [3.63, 3.8) is 0 Å². The van der Waals surface area contributed by atoms with Crippen LogP contribution in [0.5, 0.6) is 0 Å². The van der Waals surface area contributed by atoms with Crippen molar-refractivity contribution in [3.8, 4) is 0 Å². The van der Waals surface area contributed by atoms with Crippen molar-refractivity contribution < 1.29 is 22.7 Å². The fourth-order valence-electron chi connectivity index (χ4n) is 4.43. The summed E-state index contributed by atoms with van der Waals surface area (Å²) in [5.41, 5.74) is 4.56. The molecule has 2 heterocycles. The van der Waals surface area contributed by atoms with Gasteiger partial charge in [0, 0.05) is 18.5 Å². The molecule has 1 unspecified atom stereocenters. The van der Waals surface area contributed by atoms with E-state index in [-0.39, 0.29) is 18.5 Å². The largest absolute Gasteiger partial charge is 0.471 e. The minimum Gasteiger partial charge on any atom is -0.377 e. The van der Waals surface area contributed by atoms with Crippen molar-refractivity contribution >= 4 is 11.5 Å². The van der Waals surface area contributed by atoms with Gasteiger partial charge in [0.05, 0.1) is 13.2 Å². The fraction of sp³-hybridized carbons (Fsp3) is 0.526. The molecule has 1 saturated heterocycles. The number of fused-ring (bicyclic) bond motifs is 3. The molecule has 134 valence electrons. The summed E-state index contributed by atoms with van der Waals surface area (Å²) in [6.45, 7) is 1.50. The molecule has 0 saturated carbocycles. The lowest BCUT2D eigenvalue weighted by atomic mass is 9.87. The molecule has 0 radical (unpaired) electrons. The van der Waals surface area contributed by atoms with E-state index < -0.39 is 12.1 Å². The summed E-state index contributed by atoms with van der Waals surface area (Å²) in [5.74, 6) is -1.68. The van der Waals surface area contributed by atoms with Gasteiger partial charge in [-0.15, -0.1) is 0 Å². The molecule has 2 aliphatic heterocycles. The molecule has 25 heavy (non-hydrogen) atoms. The maximum Gasteiger partial charge on any atom is 0.471 e. The quantitative estimate of drug-likeness (QED) is 0.772. The standard InChI is InChI=1S/C19H20F3NO2/c20-19(21,22)18(24)23-7-1-2-15-16-10-13(12-5-8-25-9-6-12)3-4-14(16)11-17(15)23/h3-5,10,15,17H,1-2,6-9,11H2/t15?,17-/m0/s1. The summed E-state index contributed by atoms with van der Waals surface area (Å²) in [6.07, 6.45) is 0.0939. The minimum atomic E-state index is -4.80. The zero-order valence-corrected chi connectivity index (χ0v) is 13.8. The number of ether oxygens (including phenoxy) is 1. The Morgan fingerprint density at radius 3 is 2.84 bits per heavy atom. The van der Waals surface area contributed by atoms with Gasteiger partial charge in [-0.25, -0.2) is 0 Å². The summed E-state index contributed by atoms with van der Waals surface area (Å²) in [4.78, 5) is 12.9. The fourth-order valence-corrected chi connectivity index (χ4v) is 4.43. The van der Waals surface area contributed by atoms with Gasteiger partial charge in [-0.2, -0.15) is 13.2 Å². The number of carbonyl (C=O) groups excluding carboxylic acids is 1. The number of alkyl halides is 3. The van der Waals surface area contributed by atoms with E-state index in [9.17, 15) is 18.0 Å². The highest BCUT2D eigenvalue weighted by atomic mass is 19.4. The number of hydrogen-bond acceptors (Lipinski definition) is 2. The second kappa shape index (κ2) is 6.16. The van der Waals surface area contributed by atoms with E-state index >= 15 is 0 Å². The third kappa shape index (κ3) is 2.97. The summed E-state index contributed by atoms with van der Waals surface area (Å²) >= 11 is 0. The third-order valence-corrected chi connectivity index (χ3v) is 5.59. The average molecular weight is 351 g/mol. The van der Waals surface area contributed by atoms with E-state index in [1.165, 1.54) is 5.57 Å². The van der Waals surface area contributed by atoms with Crippen molar-refractivity contribution in [2.45, 2.75) is 43.8 Å². The summed E-state index contributed by atoms with van der Waals surface area (Å²) in [5, 5.41) is 0. The molecule has 3 nitrogen and oxygen atoms in total. The van der Waals surface area contributed by atoms with Crippen LogP contribution in [0.2, 0.25) is 0 Å². The van der Waals surface area contributed by atoms with Gasteiger partial charge >= 0.3 is 12.1 Å². The number of nitrogens with zero attached hydrogens (tertiary/aromatic N) is 1. The van der Waals surface area contributed by atoms with E-state index in [1.807, 2.05) is 12.1 Å². The number of rotatable bonds is 1. The molecule has 0 N–H and O–H groups in total. The van der Waals surface area contributed by atoms with Crippen LogP contribution in [0.3, 0.4) is 0 Å². The predicted octanol–water partition coefficient (Wildman–Crippen LogP) is 3.68. The number of carbonyl (C=O) groups is 1. The van der Waals surface area contributed by atoms with Crippen molar-refractivity contribution in [3.05, 3.63) is 41.0 Å². The van der Waals surface area contributed by atoms with Crippen LogP contribution >= 0.6 is 0 Å². The Hall–Kier alpha value is -1.82. The van der Waals surface area contributed by atoms with E-state index in [4.69, 9.17) is 4.74 Å². The molecule has 0 bridgehead atoms. The molecular weight excluding hydrogens is 331 g/mol. The second-order valence-electron chi connectivity index (χ2n) is 6.98. The highest BCUT2D eigenvalue weighted by Gasteiger charge is 2.49. The van der Waals surface area contributed by atoms with Gasteiger partial charge in [0.1, 0.15) is 0 Å². The Morgan fingerprint density at radius 2 is 2.12 bits per heavy atom. The molecule has 2 atom stereocenters. The molecule has 6 heteroatoms. The monoisotopic (exact) mass is 351 g/mol. The van der Waals surface area contributed by atoms with Gasteiger partial charge < -0.3 is 9.64 Å². The van der Waals surface area contributed by atoms with Gasteiger partial charge in [0.25, 0.3) is 0 Å². The van der Waals surface area contributed by atoms with Crippen LogP contribution in [0, 0.1) is 0 Å². The number of amides is 1. The van der Waals surface area contributed by atoms with E-state index in [2.05, 4.69) is 12.1 Å². The number of hydrogen-bond donors (Lipinski definition) is 0. The minimum absolute atomic E-state index is 0.00967. The molecular formula is C19H20F3NO2. The SMILES string of the molecule is O=C(N1CCCC2c3cc(C4=CCOCC4)ccc3C[C@@H]21)C(F)(F)F. The van der Waals surface area contributed by atoms with Gasteiger partial charge in [-0.1, -0.05) is 24.3 Å². The smallest absolute Gasteiger partial charge is 0.377 e. The Bertz CT molecular complexity index is 726. The molecule has 0 spiro atoms. The van der Waals surface area contributed by atoms with E-state index in [0.717, 1.165) is 34.4 Å². The van der Waals surface area contributed by atoms with E-state index in [1.54, 1.807) is 0 Å². The van der Waals surface area contributed by atoms with E-state index in [0.29, 0.717) is 26.1 Å². The third-order valence-electron chi connectivity index (χ3n) is 5.59. The molecule has 1 amide bonds. The molecule has 0 aromatic heterocycles. The average Bonchev–Trinajstić information content (AvgIpc) is 2.99. The lowest BCUT2D eigenvalue weighted by molar-refractivity contribution is -0.189. The molecule has 1 fully saturated rings. The number of benzene rings is 1. The normalized spacial score (nSPS) is 26.0. The maximum absolute atomic E-state index is 12.9. The lowest BCUT2D eigenvalue weighted by Gasteiger charge is -2.38. The summed E-state index contributed by atoms with van der Waals surface area (Å²) in [7, 11) is 0. The zero-order chi connectivity index (χ0) is 17.6. The molecule has 1 aromatic rings. The van der Waals surface area contributed by atoms with Crippen molar-refractivity contribution in [1.29, 1.82) is 0 Å². The molecule has 4 rings (SSSR count). The zero-order valence-electron chi connectivity index (χ0n) is 13.8. The predicted molar refractivity (Wildman–Crippen MR) is 87.1 cm³/mol. The topological polar surface area (TPSA) is 29.5 Å². The molecule has 1 aliphatic carbocycles. The number of likely N-dealkylation sites (tertiary alicyclic amines) is 1. The van der Waals surface area contributed by atoms with Crippen LogP contribution in [0.4, 0.5) is 13.2 Å². The van der Waals surface area contributed by atoms with Crippen LogP contribution < -0.4 is 0 Å². The Balaban J connectivity index is 1.63. The highest BCUT2D eigenvalue weighted by Crippen LogP contribution is 2.44. The first-order valence-electron chi connectivity index (χ1n) is 8.73. The Labute approximate surface area is 144 Å². The van der Waals surface area contributed by atoms with Crippen molar-refractivity contribution in [2.24, 2.45) is 0 Å². The summed E-state index contributed by atoms with van der Waals surface area (Å²) < 4.78 is 44.1. The van der Waals surface area contributed by atoms with Crippen molar-refractivity contribution in [1.82, 2.24) is 4.90 Å². The molecule has 1 aromatic carbocycles. The van der Waals surface area contributed by atoms with Gasteiger partial charge in [-0.05, 0) is 47.9 Å². The first-order chi connectivity index (χ1) is 11.9. The first kappa shape index (κ1) is 16.6. The summed E-state index contributed by atoms with van der Waals surface area (Å²) in [6, 6.07) is 5.83. The van der Waals surface area contributed by atoms with Gasteiger partial charge in [0.15, 0.2) is 0 Å². The van der Waals surface area contributed by atoms with Gasteiger partial charge in [0.2, 0.25) is 0 Å². The Morgan fingerprint density at radius 1 is 1.28 bits per heavy atom. The maximum atomic E-state index is 12.9. The van der Waals surface area contributed by atoms with Crippen LogP contribution in [-0.2, 0) is 16.0 Å². The number of piperidine rings is 1. The van der Waals surface area contributed by atoms with Crippen LogP contribution in [-0.4, -0.2) is 42.8 Å². The van der Waals surface area contributed by atoms with Crippen LogP contribution in [0.1, 0.15) is 41.9 Å². The Kier molecular flexibility index (Phi) is 4.10. The van der Waals surface area contributed by atoms with Crippen molar-refractivity contribution in [2.75, 3.05) is 19.8 Å². The second-order valence-corrected chi connectivity index (χ2v) is 6.98. The first-order valence-corrected chi connectivity index (χ1v) is 8.73. The lowest BCUT2D eigenvalue weighted by Crippen LogP contribution is -2.51. The van der Waals surface area contributed by atoms with Crippen LogP contribution in [0.15, 0.2) is 24.3 Å². The van der Waals surface area contributed by atoms with Crippen LogP contribution in [0.25, 0.3) is 5.57 Å². The van der Waals surface area contributed by atoms with Gasteiger partial charge in [-0.3, -0.25) is 4.79 Å². The highest BCUT2D eigenvalue weighted by molar-refractivity contribution is 5.82. The number of halogens is 3.